The van der Waals surface area contributed by atoms with Gasteiger partial charge in [-0.2, -0.15) is 0 Å². The van der Waals surface area contributed by atoms with E-state index in [4.69, 9.17) is 5.73 Å². The molecule has 17 heavy (non-hydrogen) atoms. The maximum atomic E-state index is 5.66. The first-order chi connectivity index (χ1) is 8.31. The van der Waals surface area contributed by atoms with E-state index in [0.717, 1.165) is 13.0 Å². The predicted octanol–water partition coefficient (Wildman–Crippen LogP) is 3.32. The minimum atomic E-state index is 0.554. The average Bonchev–Trinajstić information content (AvgIpc) is 2.83. The molecule has 1 heterocycles. The molecular formula is C14H21BrN2. The van der Waals surface area contributed by atoms with Crippen LogP contribution >= 0.6 is 15.9 Å². The van der Waals surface area contributed by atoms with Gasteiger partial charge in [0.25, 0.3) is 0 Å². The summed E-state index contributed by atoms with van der Waals surface area (Å²) in [6.45, 7) is 3.27. The first kappa shape index (κ1) is 13.1. The van der Waals surface area contributed by atoms with Crippen molar-refractivity contribution in [3.8, 4) is 0 Å². The molecule has 2 N–H and O–H groups in total. The summed E-state index contributed by atoms with van der Waals surface area (Å²) in [5.74, 6) is 0. The molecule has 0 amide bonds. The molecule has 1 fully saturated rings. The molecule has 0 saturated carbocycles. The van der Waals surface area contributed by atoms with Crippen LogP contribution in [0.2, 0.25) is 0 Å². The third-order valence-corrected chi connectivity index (χ3v) is 3.99. The van der Waals surface area contributed by atoms with Gasteiger partial charge < -0.3 is 5.73 Å². The summed E-state index contributed by atoms with van der Waals surface area (Å²) in [4.78, 5) is 2.61. The molecule has 1 aromatic carbocycles. The number of hydrogen-bond donors (Lipinski definition) is 1. The van der Waals surface area contributed by atoms with Gasteiger partial charge in [0.15, 0.2) is 0 Å². The van der Waals surface area contributed by atoms with Crippen LogP contribution in [-0.2, 0) is 0 Å². The number of rotatable bonds is 5. The number of hydrogen-bond acceptors (Lipinski definition) is 2. The molecule has 0 aliphatic carbocycles. The van der Waals surface area contributed by atoms with E-state index in [0.29, 0.717) is 6.04 Å². The average molecular weight is 297 g/mol. The zero-order valence-corrected chi connectivity index (χ0v) is 11.8. The quantitative estimate of drug-likeness (QED) is 0.903. The van der Waals surface area contributed by atoms with Gasteiger partial charge in [0.1, 0.15) is 0 Å². The maximum Gasteiger partial charge on any atom is 0.0348 e. The summed E-state index contributed by atoms with van der Waals surface area (Å²) in [6.07, 6.45) is 4.96. The SMILES string of the molecule is NCCCC(c1cccc(Br)c1)N1CCCC1. The van der Waals surface area contributed by atoms with Crippen molar-refractivity contribution in [1.82, 2.24) is 4.90 Å². The zero-order chi connectivity index (χ0) is 12.1. The lowest BCUT2D eigenvalue weighted by Crippen LogP contribution is -2.26. The number of nitrogens with zero attached hydrogens (tertiary/aromatic N) is 1. The van der Waals surface area contributed by atoms with Crippen molar-refractivity contribution in [2.75, 3.05) is 19.6 Å². The highest BCUT2D eigenvalue weighted by molar-refractivity contribution is 9.10. The Morgan fingerprint density at radius 1 is 1.29 bits per heavy atom. The van der Waals surface area contributed by atoms with E-state index >= 15 is 0 Å². The Labute approximate surface area is 112 Å². The molecule has 0 aromatic heterocycles. The van der Waals surface area contributed by atoms with Crippen LogP contribution in [0.15, 0.2) is 28.7 Å². The summed E-state index contributed by atoms with van der Waals surface area (Å²) >= 11 is 3.56. The van der Waals surface area contributed by atoms with Gasteiger partial charge in [-0.1, -0.05) is 28.1 Å². The lowest BCUT2D eigenvalue weighted by atomic mass is 10.0. The highest BCUT2D eigenvalue weighted by Crippen LogP contribution is 2.30. The summed E-state index contributed by atoms with van der Waals surface area (Å²) in [5, 5.41) is 0. The second-order valence-corrected chi connectivity index (χ2v) is 5.66. The fraction of sp³-hybridized carbons (Fsp3) is 0.571. The molecule has 0 bridgehead atoms. The molecule has 0 spiro atoms. The van der Waals surface area contributed by atoms with Gasteiger partial charge in [0, 0.05) is 10.5 Å². The van der Waals surface area contributed by atoms with Gasteiger partial charge in [-0.15, -0.1) is 0 Å². The predicted molar refractivity (Wildman–Crippen MR) is 76.0 cm³/mol. The summed E-state index contributed by atoms with van der Waals surface area (Å²) < 4.78 is 1.17. The minimum absolute atomic E-state index is 0.554. The lowest BCUT2D eigenvalue weighted by molar-refractivity contribution is 0.231. The molecule has 1 aliphatic heterocycles. The minimum Gasteiger partial charge on any atom is -0.330 e. The van der Waals surface area contributed by atoms with Gasteiger partial charge in [-0.3, -0.25) is 4.90 Å². The fourth-order valence-electron chi connectivity index (χ4n) is 2.64. The molecular weight excluding hydrogens is 276 g/mol. The molecule has 1 aromatic rings. The van der Waals surface area contributed by atoms with Crippen molar-refractivity contribution in [3.05, 3.63) is 34.3 Å². The van der Waals surface area contributed by atoms with Gasteiger partial charge >= 0.3 is 0 Å². The first-order valence-electron chi connectivity index (χ1n) is 6.51. The molecule has 0 radical (unpaired) electrons. The number of benzene rings is 1. The Hall–Kier alpha value is -0.380. The van der Waals surface area contributed by atoms with E-state index in [-0.39, 0.29) is 0 Å². The Morgan fingerprint density at radius 3 is 2.71 bits per heavy atom. The van der Waals surface area contributed by atoms with Crippen molar-refractivity contribution in [1.29, 1.82) is 0 Å². The first-order valence-corrected chi connectivity index (χ1v) is 7.30. The number of nitrogens with two attached hydrogens (primary N) is 1. The van der Waals surface area contributed by atoms with Gasteiger partial charge in [0.2, 0.25) is 0 Å². The second-order valence-electron chi connectivity index (χ2n) is 4.74. The molecule has 1 aliphatic rings. The van der Waals surface area contributed by atoms with Crippen molar-refractivity contribution in [2.45, 2.75) is 31.7 Å². The Balaban J connectivity index is 2.13. The summed E-state index contributed by atoms with van der Waals surface area (Å²) in [6, 6.07) is 9.26. The fourth-order valence-corrected chi connectivity index (χ4v) is 3.06. The van der Waals surface area contributed by atoms with Crippen LogP contribution in [0.3, 0.4) is 0 Å². The third-order valence-electron chi connectivity index (χ3n) is 3.50. The van der Waals surface area contributed by atoms with Crippen LogP contribution in [0.25, 0.3) is 0 Å². The topological polar surface area (TPSA) is 29.3 Å². The smallest absolute Gasteiger partial charge is 0.0348 e. The highest BCUT2D eigenvalue weighted by atomic mass is 79.9. The summed E-state index contributed by atoms with van der Waals surface area (Å²) in [7, 11) is 0. The zero-order valence-electron chi connectivity index (χ0n) is 10.2. The van der Waals surface area contributed by atoms with Crippen LogP contribution < -0.4 is 5.73 Å². The van der Waals surface area contributed by atoms with Crippen molar-refractivity contribution in [2.24, 2.45) is 5.73 Å². The Morgan fingerprint density at radius 2 is 2.06 bits per heavy atom. The van der Waals surface area contributed by atoms with Crippen LogP contribution in [0.5, 0.6) is 0 Å². The third kappa shape index (κ3) is 3.54. The number of likely N-dealkylation sites (tertiary alicyclic amines) is 1. The van der Waals surface area contributed by atoms with Crippen molar-refractivity contribution < 1.29 is 0 Å². The normalized spacial score (nSPS) is 18.5. The van der Waals surface area contributed by atoms with E-state index in [1.54, 1.807) is 0 Å². The largest absolute Gasteiger partial charge is 0.330 e. The molecule has 1 saturated heterocycles. The van der Waals surface area contributed by atoms with E-state index in [1.807, 2.05) is 0 Å². The molecule has 1 unspecified atom stereocenters. The van der Waals surface area contributed by atoms with E-state index in [1.165, 1.54) is 42.4 Å². The second kappa shape index (κ2) is 6.53. The molecule has 94 valence electrons. The van der Waals surface area contributed by atoms with Gasteiger partial charge in [0.05, 0.1) is 0 Å². The monoisotopic (exact) mass is 296 g/mol. The maximum absolute atomic E-state index is 5.66. The van der Waals surface area contributed by atoms with E-state index in [2.05, 4.69) is 45.1 Å². The van der Waals surface area contributed by atoms with Gasteiger partial charge in [-0.25, -0.2) is 0 Å². The summed E-state index contributed by atoms with van der Waals surface area (Å²) in [5.41, 5.74) is 7.08. The van der Waals surface area contributed by atoms with Crippen molar-refractivity contribution >= 4 is 15.9 Å². The standard InChI is InChI=1S/C14H21BrN2/c15-13-6-3-5-12(11-13)14(7-4-8-16)17-9-1-2-10-17/h3,5-6,11,14H,1-2,4,7-10,16H2. The van der Waals surface area contributed by atoms with Crippen LogP contribution in [0.4, 0.5) is 0 Å². The lowest BCUT2D eigenvalue weighted by Gasteiger charge is -2.28. The van der Waals surface area contributed by atoms with Crippen LogP contribution in [0, 0.1) is 0 Å². The molecule has 2 rings (SSSR count). The Kier molecular flexibility index (Phi) is 5.01. The van der Waals surface area contributed by atoms with Crippen LogP contribution in [-0.4, -0.2) is 24.5 Å². The highest BCUT2D eigenvalue weighted by Gasteiger charge is 2.22. The van der Waals surface area contributed by atoms with Crippen molar-refractivity contribution in [3.63, 3.8) is 0 Å². The molecule has 1 atom stereocenters. The van der Waals surface area contributed by atoms with Crippen LogP contribution in [0.1, 0.15) is 37.3 Å². The molecule has 2 nitrogen and oxygen atoms in total. The van der Waals surface area contributed by atoms with Gasteiger partial charge in [-0.05, 0) is 63.0 Å². The van der Waals surface area contributed by atoms with E-state index in [9.17, 15) is 0 Å². The molecule has 3 heteroatoms. The Bertz CT molecular complexity index is 348. The van der Waals surface area contributed by atoms with E-state index < -0.39 is 0 Å². The number of halogens is 1.